The van der Waals surface area contributed by atoms with Gasteiger partial charge in [0.05, 0.1) is 0 Å². The van der Waals surface area contributed by atoms with E-state index < -0.39 is 0 Å². The largest absolute Gasteiger partial charge is 0.356 e. The van der Waals surface area contributed by atoms with E-state index in [2.05, 4.69) is 22.1 Å². The highest BCUT2D eigenvalue weighted by molar-refractivity contribution is 5.93. The molecule has 1 aromatic heterocycles. The van der Waals surface area contributed by atoms with E-state index in [1.807, 2.05) is 36.4 Å². The molecule has 1 N–H and O–H groups in total. The average Bonchev–Trinajstić information content (AvgIpc) is 3.20. The quantitative estimate of drug-likeness (QED) is 0.783. The van der Waals surface area contributed by atoms with Crippen molar-refractivity contribution in [3.05, 3.63) is 42.1 Å². The van der Waals surface area contributed by atoms with Gasteiger partial charge in [0.2, 0.25) is 0 Å². The number of carbonyl (C=O) groups is 1. The molecule has 1 aliphatic rings. The molecule has 0 spiro atoms. The van der Waals surface area contributed by atoms with Crippen molar-refractivity contribution in [1.82, 2.24) is 15.3 Å². The molecule has 132 valence electrons. The van der Waals surface area contributed by atoms with E-state index in [0.29, 0.717) is 18.1 Å². The lowest BCUT2D eigenvalue weighted by Gasteiger charge is -2.18. The number of nitrogens with zero attached hydrogens (tertiary/aromatic N) is 3. The fraction of sp³-hybridized carbons (Fsp3) is 0.450. The average molecular weight is 338 g/mol. The standard InChI is InChI=1S/C20H26N4O/c1-2-3-7-12-21-20(25)17-15-18(24-13-8-9-14-24)23-19(22-17)16-10-5-4-6-11-16/h4-6,10-11,15H,2-3,7-9,12-14H2,1H3,(H,21,25). The van der Waals surface area contributed by atoms with E-state index in [1.54, 1.807) is 0 Å². The smallest absolute Gasteiger partial charge is 0.270 e. The van der Waals surface area contributed by atoms with Crippen LogP contribution < -0.4 is 10.2 Å². The number of unbranched alkanes of at least 4 members (excludes halogenated alkanes) is 2. The molecule has 1 aromatic carbocycles. The molecule has 0 aliphatic carbocycles. The Bertz CT molecular complexity index is 696. The first-order valence-corrected chi connectivity index (χ1v) is 9.25. The minimum Gasteiger partial charge on any atom is -0.356 e. The summed E-state index contributed by atoms with van der Waals surface area (Å²) < 4.78 is 0. The molecule has 0 unspecified atom stereocenters. The van der Waals surface area contributed by atoms with Crippen LogP contribution in [0.5, 0.6) is 0 Å². The van der Waals surface area contributed by atoms with Gasteiger partial charge in [-0.15, -0.1) is 0 Å². The topological polar surface area (TPSA) is 58.1 Å². The van der Waals surface area contributed by atoms with Crippen LogP contribution in [0.2, 0.25) is 0 Å². The molecule has 2 aromatic rings. The molecular formula is C20H26N4O. The molecule has 1 amide bonds. The van der Waals surface area contributed by atoms with E-state index in [4.69, 9.17) is 4.98 Å². The van der Waals surface area contributed by atoms with E-state index >= 15 is 0 Å². The van der Waals surface area contributed by atoms with Gasteiger partial charge >= 0.3 is 0 Å². The second kappa shape index (κ2) is 8.60. The second-order valence-electron chi connectivity index (χ2n) is 6.46. The third-order valence-corrected chi connectivity index (χ3v) is 4.47. The minimum atomic E-state index is -0.115. The van der Waals surface area contributed by atoms with Crippen molar-refractivity contribution in [2.24, 2.45) is 0 Å². The van der Waals surface area contributed by atoms with Crippen molar-refractivity contribution in [2.75, 3.05) is 24.5 Å². The monoisotopic (exact) mass is 338 g/mol. The van der Waals surface area contributed by atoms with Crippen LogP contribution in [0.25, 0.3) is 11.4 Å². The van der Waals surface area contributed by atoms with Crippen molar-refractivity contribution < 1.29 is 4.79 Å². The molecule has 0 bridgehead atoms. The van der Waals surface area contributed by atoms with Gasteiger partial charge in [0, 0.05) is 31.3 Å². The fourth-order valence-corrected chi connectivity index (χ4v) is 3.04. The minimum absolute atomic E-state index is 0.115. The van der Waals surface area contributed by atoms with Gasteiger partial charge in [-0.05, 0) is 19.3 Å². The van der Waals surface area contributed by atoms with Gasteiger partial charge < -0.3 is 10.2 Å². The van der Waals surface area contributed by atoms with Gasteiger partial charge in [0.1, 0.15) is 11.5 Å². The lowest BCUT2D eigenvalue weighted by Crippen LogP contribution is -2.27. The Labute approximate surface area is 149 Å². The predicted octanol–water partition coefficient (Wildman–Crippen LogP) is 3.66. The summed E-state index contributed by atoms with van der Waals surface area (Å²) in [4.78, 5) is 24.0. The molecule has 0 saturated carbocycles. The molecule has 3 rings (SSSR count). The molecule has 5 nitrogen and oxygen atoms in total. The molecule has 1 aliphatic heterocycles. The first-order chi connectivity index (χ1) is 12.3. The zero-order chi connectivity index (χ0) is 17.5. The summed E-state index contributed by atoms with van der Waals surface area (Å²) in [7, 11) is 0. The van der Waals surface area contributed by atoms with E-state index in [-0.39, 0.29) is 5.91 Å². The van der Waals surface area contributed by atoms with Crippen LogP contribution in [0.15, 0.2) is 36.4 Å². The Morgan fingerprint density at radius 1 is 1.12 bits per heavy atom. The number of aromatic nitrogens is 2. The number of amides is 1. The summed E-state index contributed by atoms with van der Waals surface area (Å²) >= 11 is 0. The summed E-state index contributed by atoms with van der Waals surface area (Å²) in [5, 5.41) is 2.98. The van der Waals surface area contributed by atoms with Crippen LogP contribution in [0.4, 0.5) is 5.82 Å². The molecule has 1 fully saturated rings. The molecule has 25 heavy (non-hydrogen) atoms. The number of benzene rings is 1. The highest BCUT2D eigenvalue weighted by Crippen LogP contribution is 2.23. The first-order valence-electron chi connectivity index (χ1n) is 9.25. The number of hydrogen-bond donors (Lipinski definition) is 1. The zero-order valence-corrected chi connectivity index (χ0v) is 14.9. The Morgan fingerprint density at radius 3 is 2.60 bits per heavy atom. The Kier molecular flexibility index (Phi) is 5.99. The normalized spacial score (nSPS) is 13.9. The van der Waals surface area contributed by atoms with Gasteiger partial charge in [0.15, 0.2) is 5.82 Å². The number of carbonyl (C=O) groups excluding carboxylic acids is 1. The van der Waals surface area contributed by atoms with Crippen molar-refractivity contribution in [2.45, 2.75) is 39.0 Å². The fourth-order valence-electron chi connectivity index (χ4n) is 3.04. The Balaban J connectivity index is 1.85. The maximum Gasteiger partial charge on any atom is 0.270 e. The van der Waals surface area contributed by atoms with Crippen molar-refractivity contribution in [3.63, 3.8) is 0 Å². The summed E-state index contributed by atoms with van der Waals surface area (Å²) in [5.74, 6) is 1.35. The number of hydrogen-bond acceptors (Lipinski definition) is 4. The van der Waals surface area contributed by atoms with Crippen LogP contribution >= 0.6 is 0 Å². The second-order valence-corrected chi connectivity index (χ2v) is 6.46. The third-order valence-electron chi connectivity index (χ3n) is 4.47. The number of rotatable bonds is 7. The SMILES string of the molecule is CCCCCNC(=O)c1cc(N2CCCC2)nc(-c2ccccc2)n1. The molecule has 0 atom stereocenters. The van der Waals surface area contributed by atoms with Gasteiger partial charge in [-0.2, -0.15) is 0 Å². The van der Waals surface area contributed by atoms with E-state index in [0.717, 1.165) is 43.7 Å². The van der Waals surface area contributed by atoms with Crippen molar-refractivity contribution in [1.29, 1.82) is 0 Å². The Hall–Kier alpha value is -2.43. The molecular weight excluding hydrogens is 312 g/mol. The van der Waals surface area contributed by atoms with Gasteiger partial charge in [0.25, 0.3) is 5.91 Å². The molecule has 5 heteroatoms. The molecule has 0 radical (unpaired) electrons. The van der Waals surface area contributed by atoms with Crippen molar-refractivity contribution in [3.8, 4) is 11.4 Å². The molecule has 2 heterocycles. The number of anilines is 1. The summed E-state index contributed by atoms with van der Waals surface area (Å²) in [6.07, 6.45) is 5.60. The zero-order valence-electron chi connectivity index (χ0n) is 14.9. The summed E-state index contributed by atoms with van der Waals surface area (Å²) in [5.41, 5.74) is 1.39. The van der Waals surface area contributed by atoms with Gasteiger partial charge in [-0.1, -0.05) is 50.1 Å². The van der Waals surface area contributed by atoms with Crippen molar-refractivity contribution >= 4 is 11.7 Å². The lowest BCUT2D eigenvalue weighted by atomic mass is 10.2. The van der Waals surface area contributed by atoms with E-state index in [1.165, 1.54) is 12.8 Å². The van der Waals surface area contributed by atoms with Crippen LogP contribution in [0, 0.1) is 0 Å². The third kappa shape index (κ3) is 4.56. The summed E-state index contributed by atoms with van der Waals surface area (Å²) in [6.45, 7) is 4.82. The van der Waals surface area contributed by atoms with Crippen LogP contribution in [0.3, 0.4) is 0 Å². The number of nitrogens with one attached hydrogen (secondary N) is 1. The van der Waals surface area contributed by atoms with Crippen LogP contribution in [-0.4, -0.2) is 35.5 Å². The highest BCUT2D eigenvalue weighted by Gasteiger charge is 2.18. The maximum absolute atomic E-state index is 12.5. The van der Waals surface area contributed by atoms with Crippen LogP contribution in [0.1, 0.15) is 49.5 Å². The van der Waals surface area contributed by atoms with Crippen LogP contribution in [-0.2, 0) is 0 Å². The predicted molar refractivity (Wildman–Crippen MR) is 101 cm³/mol. The lowest BCUT2D eigenvalue weighted by molar-refractivity contribution is 0.0948. The van der Waals surface area contributed by atoms with Gasteiger partial charge in [-0.25, -0.2) is 9.97 Å². The van der Waals surface area contributed by atoms with Gasteiger partial charge in [-0.3, -0.25) is 4.79 Å². The van der Waals surface area contributed by atoms with E-state index in [9.17, 15) is 4.79 Å². The first kappa shape index (κ1) is 17.4. The summed E-state index contributed by atoms with van der Waals surface area (Å²) in [6, 6.07) is 11.7. The highest BCUT2D eigenvalue weighted by atomic mass is 16.1. The molecule has 1 saturated heterocycles. The maximum atomic E-state index is 12.5. The Morgan fingerprint density at radius 2 is 1.88 bits per heavy atom.